The first-order chi connectivity index (χ1) is 6.98. The van der Waals surface area contributed by atoms with Gasteiger partial charge in [0.2, 0.25) is 0 Å². The van der Waals surface area contributed by atoms with Crippen LogP contribution < -0.4 is 5.73 Å². The van der Waals surface area contributed by atoms with Gasteiger partial charge in [-0.25, -0.2) is 0 Å². The van der Waals surface area contributed by atoms with E-state index in [-0.39, 0.29) is 0 Å². The average Bonchev–Trinajstić information content (AvgIpc) is 2.73. The molecule has 0 amide bonds. The Morgan fingerprint density at radius 1 is 1.27 bits per heavy atom. The van der Waals surface area contributed by atoms with Crippen molar-refractivity contribution < 1.29 is 0 Å². The number of benzene rings is 1. The Bertz CT molecular complexity index is 387. The van der Waals surface area contributed by atoms with Gasteiger partial charge in [0.15, 0.2) is 0 Å². The quantitative estimate of drug-likeness (QED) is 0.843. The summed E-state index contributed by atoms with van der Waals surface area (Å²) >= 11 is 11.9. The van der Waals surface area contributed by atoms with Gasteiger partial charge in [-0.2, -0.15) is 0 Å². The van der Waals surface area contributed by atoms with E-state index >= 15 is 0 Å². The zero-order valence-corrected chi connectivity index (χ0v) is 10.4. The van der Waals surface area contributed by atoms with E-state index in [9.17, 15) is 0 Å². The van der Waals surface area contributed by atoms with E-state index in [1.807, 2.05) is 12.1 Å². The summed E-state index contributed by atoms with van der Waals surface area (Å²) < 4.78 is 0. The Balaban J connectivity index is 2.29. The zero-order chi connectivity index (χ0) is 11.2. The molecule has 1 fully saturated rings. The number of hydrogen-bond donors (Lipinski definition) is 1. The van der Waals surface area contributed by atoms with E-state index in [0.29, 0.717) is 27.3 Å². The third kappa shape index (κ3) is 1.77. The molecule has 2 N–H and O–H groups in total. The van der Waals surface area contributed by atoms with Crippen LogP contribution in [0, 0.1) is 11.3 Å². The second-order valence-corrected chi connectivity index (χ2v) is 5.63. The fraction of sp³-hybridized carbons (Fsp3) is 0.500. The van der Waals surface area contributed by atoms with Crippen LogP contribution in [0.3, 0.4) is 0 Å². The minimum atomic E-state index is 0.298. The van der Waals surface area contributed by atoms with Crippen molar-refractivity contribution in [2.75, 3.05) is 6.54 Å². The summed E-state index contributed by atoms with van der Waals surface area (Å²) in [6, 6.07) is 5.88. The standard InChI is InChI=1S/C12H15Cl2N/c1-12(2)8(6-15)11(12)7-3-4-9(13)10(14)5-7/h3-5,8,11H,6,15H2,1-2H3. The van der Waals surface area contributed by atoms with Crippen molar-refractivity contribution in [3.63, 3.8) is 0 Å². The molecule has 0 aliphatic heterocycles. The Labute approximate surface area is 101 Å². The number of hydrogen-bond acceptors (Lipinski definition) is 1. The fourth-order valence-corrected chi connectivity index (χ4v) is 2.86. The largest absolute Gasteiger partial charge is 0.330 e. The van der Waals surface area contributed by atoms with Crippen molar-refractivity contribution in [2.24, 2.45) is 17.1 Å². The van der Waals surface area contributed by atoms with Crippen molar-refractivity contribution in [3.8, 4) is 0 Å². The molecule has 2 atom stereocenters. The topological polar surface area (TPSA) is 26.0 Å². The van der Waals surface area contributed by atoms with Gasteiger partial charge in [0, 0.05) is 0 Å². The maximum absolute atomic E-state index is 6.01. The van der Waals surface area contributed by atoms with Crippen LogP contribution >= 0.6 is 23.2 Å². The van der Waals surface area contributed by atoms with E-state index in [1.54, 1.807) is 0 Å². The third-order valence-corrected chi connectivity index (χ3v) is 4.35. The normalized spacial score (nSPS) is 27.8. The summed E-state index contributed by atoms with van der Waals surface area (Å²) in [5, 5.41) is 1.25. The van der Waals surface area contributed by atoms with Crippen molar-refractivity contribution in [2.45, 2.75) is 19.8 Å². The Hall–Kier alpha value is -0.240. The molecule has 0 aromatic heterocycles. The first-order valence-electron chi connectivity index (χ1n) is 5.13. The molecule has 15 heavy (non-hydrogen) atoms. The van der Waals surface area contributed by atoms with Crippen LogP contribution in [0.5, 0.6) is 0 Å². The van der Waals surface area contributed by atoms with Gasteiger partial charge in [-0.15, -0.1) is 0 Å². The summed E-state index contributed by atoms with van der Waals surface area (Å²) in [5.41, 5.74) is 7.30. The van der Waals surface area contributed by atoms with Crippen molar-refractivity contribution in [1.82, 2.24) is 0 Å². The molecule has 2 unspecified atom stereocenters. The van der Waals surface area contributed by atoms with Gasteiger partial charge in [-0.3, -0.25) is 0 Å². The highest BCUT2D eigenvalue weighted by molar-refractivity contribution is 6.42. The molecule has 1 nitrogen and oxygen atoms in total. The average molecular weight is 244 g/mol. The molecule has 1 saturated carbocycles. The first-order valence-corrected chi connectivity index (χ1v) is 5.89. The summed E-state index contributed by atoms with van der Waals surface area (Å²) in [5.74, 6) is 1.09. The molecule has 1 aliphatic carbocycles. The van der Waals surface area contributed by atoms with E-state index in [1.165, 1.54) is 5.56 Å². The summed E-state index contributed by atoms with van der Waals surface area (Å²) in [4.78, 5) is 0. The van der Waals surface area contributed by atoms with E-state index in [2.05, 4.69) is 19.9 Å². The molecule has 82 valence electrons. The van der Waals surface area contributed by atoms with Crippen LogP contribution in [-0.2, 0) is 0 Å². The van der Waals surface area contributed by atoms with Crippen LogP contribution in [-0.4, -0.2) is 6.54 Å². The first kappa shape index (κ1) is 11.3. The van der Waals surface area contributed by atoms with E-state index < -0.39 is 0 Å². The third-order valence-electron chi connectivity index (χ3n) is 3.61. The van der Waals surface area contributed by atoms with Gasteiger partial charge in [-0.05, 0) is 41.5 Å². The van der Waals surface area contributed by atoms with Gasteiger partial charge >= 0.3 is 0 Å². The van der Waals surface area contributed by atoms with E-state index in [4.69, 9.17) is 28.9 Å². The van der Waals surface area contributed by atoms with Gasteiger partial charge in [0.1, 0.15) is 0 Å². The molecule has 0 bridgehead atoms. The molecule has 0 spiro atoms. The van der Waals surface area contributed by atoms with Crippen molar-refractivity contribution in [3.05, 3.63) is 33.8 Å². The van der Waals surface area contributed by atoms with Crippen LogP contribution in [0.2, 0.25) is 10.0 Å². The van der Waals surface area contributed by atoms with Gasteiger partial charge in [0.25, 0.3) is 0 Å². The van der Waals surface area contributed by atoms with Crippen LogP contribution in [0.1, 0.15) is 25.3 Å². The fourth-order valence-electron chi connectivity index (χ4n) is 2.55. The van der Waals surface area contributed by atoms with Crippen molar-refractivity contribution >= 4 is 23.2 Å². The Morgan fingerprint density at radius 3 is 2.40 bits per heavy atom. The Morgan fingerprint density at radius 2 is 1.93 bits per heavy atom. The van der Waals surface area contributed by atoms with Crippen LogP contribution in [0.4, 0.5) is 0 Å². The molecule has 0 saturated heterocycles. The molecular formula is C12H15Cl2N. The van der Waals surface area contributed by atoms with E-state index in [0.717, 1.165) is 6.54 Å². The molecular weight excluding hydrogens is 229 g/mol. The number of nitrogens with two attached hydrogens (primary N) is 1. The predicted octanol–water partition coefficient (Wildman–Crippen LogP) is 3.69. The lowest BCUT2D eigenvalue weighted by Gasteiger charge is -2.04. The highest BCUT2D eigenvalue weighted by Crippen LogP contribution is 2.64. The highest BCUT2D eigenvalue weighted by Gasteiger charge is 2.57. The minimum absolute atomic E-state index is 0.298. The second-order valence-electron chi connectivity index (χ2n) is 4.81. The molecule has 0 radical (unpaired) electrons. The van der Waals surface area contributed by atoms with Gasteiger partial charge in [0.05, 0.1) is 10.0 Å². The number of halogens is 2. The smallest absolute Gasteiger partial charge is 0.0595 e. The number of rotatable bonds is 2. The van der Waals surface area contributed by atoms with Crippen LogP contribution in [0.25, 0.3) is 0 Å². The summed E-state index contributed by atoms with van der Waals surface area (Å²) in [6.07, 6.45) is 0. The lowest BCUT2D eigenvalue weighted by Crippen LogP contribution is -2.05. The van der Waals surface area contributed by atoms with Crippen molar-refractivity contribution in [1.29, 1.82) is 0 Å². The SMILES string of the molecule is CC1(C)C(CN)C1c1ccc(Cl)c(Cl)c1. The highest BCUT2D eigenvalue weighted by atomic mass is 35.5. The second kappa shape index (κ2) is 3.65. The van der Waals surface area contributed by atoms with Gasteiger partial charge in [-0.1, -0.05) is 43.1 Å². The maximum atomic E-state index is 6.01. The minimum Gasteiger partial charge on any atom is -0.330 e. The van der Waals surface area contributed by atoms with Crippen LogP contribution in [0.15, 0.2) is 18.2 Å². The molecule has 0 heterocycles. The maximum Gasteiger partial charge on any atom is 0.0595 e. The molecule has 3 heteroatoms. The lowest BCUT2D eigenvalue weighted by molar-refractivity contribution is 0.558. The lowest BCUT2D eigenvalue weighted by atomic mass is 10.0. The monoisotopic (exact) mass is 243 g/mol. The zero-order valence-electron chi connectivity index (χ0n) is 8.93. The van der Waals surface area contributed by atoms with Gasteiger partial charge < -0.3 is 5.73 Å². The molecule has 1 aliphatic rings. The predicted molar refractivity (Wildman–Crippen MR) is 65.5 cm³/mol. The Kier molecular flexibility index (Phi) is 2.74. The molecule has 1 aromatic rings. The summed E-state index contributed by atoms with van der Waals surface area (Å²) in [6.45, 7) is 5.23. The molecule has 2 rings (SSSR count). The molecule has 1 aromatic carbocycles. The summed E-state index contributed by atoms with van der Waals surface area (Å²) in [7, 11) is 0.